The molecular formula is C16H20N2O3. The molecule has 2 heterocycles. The summed E-state index contributed by atoms with van der Waals surface area (Å²) in [5.41, 5.74) is 1.30. The van der Waals surface area contributed by atoms with Crippen LogP contribution in [0.5, 0.6) is 11.5 Å². The monoisotopic (exact) mass is 288 g/mol. The third-order valence-corrected chi connectivity index (χ3v) is 3.94. The number of benzene rings is 1. The number of rotatable bonds is 1. The Bertz CT molecular complexity index is 644. The van der Waals surface area contributed by atoms with Crippen LogP contribution in [0.2, 0.25) is 0 Å². The summed E-state index contributed by atoms with van der Waals surface area (Å²) >= 11 is 0. The zero-order valence-corrected chi connectivity index (χ0v) is 12.4. The first-order valence-corrected chi connectivity index (χ1v) is 7.03. The summed E-state index contributed by atoms with van der Waals surface area (Å²) in [7, 11) is 0. The molecule has 0 fully saturated rings. The van der Waals surface area contributed by atoms with Crippen molar-refractivity contribution >= 4 is 0 Å². The van der Waals surface area contributed by atoms with Crippen LogP contribution in [-0.2, 0) is 5.41 Å². The van der Waals surface area contributed by atoms with E-state index in [2.05, 4.69) is 4.98 Å². The van der Waals surface area contributed by atoms with Crippen molar-refractivity contribution in [2.24, 2.45) is 0 Å². The molecule has 2 atom stereocenters. The maximum atomic E-state index is 10.7. The highest BCUT2D eigenvalue weighted by molar-refractivity contribution is 5.50. The molecule has 1 aromatic carbocycles. The normalized spacial score (nSPS) is 21.7. The molecule has 5 nitrogen and oxygen atoms in total. The van der Waals surface area contributed by atoms with Gasteiger partial charge in [0.1, 0.15) is 24.2 Å². The van der Waals surface area contributed by atoms with Crippen LogP contribution in [0.25, 0.3) is 0 Å². The molecule has 0 radical (unpaired) electrons. The van der Waals surface area contributed by atoms with E-state index in [1.54, 1.807) is 18.6 Å². The summed E-state index contributed by atoms with van der Waals surface area (Å²) in [6.45, 7) is 6.42. The number of aliphatic hydroxyl groups excluding tert-OH is 1. The van der Waals surface area contributed by atoms with E-state index in [1.807, 2.05) is 37.6 Å². The van der Waals surface area contributed by atoms with Gasteiger partial charge in [0.25, 0.3) is 0 Å². The highest BCUT2D eigenvalue weighted by Crippen LogP contribution is 2.43. The van der Waals surface area contributed by atoms with Crippen molar-refractivity contribution in [3.63, 3.8) is 0 Å². The van der Waals surface area contributed by atoms with Gasteiger partial charge in [-0.15, -0.1) is 0 Å². The van der Waals surface area contributed by atoms with Gasteiger partial charge in [-0.1, -0.05) is 20.8 Å². The Morgan fingerprint density at radius 1 is 1.33 bits per heavy atom. The second-order valence-electron chi connectivity index (χ2n) is 6.49. The average molecular weight is 288 g/mol. The molecule has 112 valence electrons. The molecule has 5 heteroatoms. The van der Waals surface area contributed by atoms with E-state index >= 15 is 0 Å². The van der Waals surface area contributed by atoms with Crippen LogP contribution in [0.3, 0.4) is 0 Å². The standard InChI is InChI=1S/C16H20N2O3/c1-16(2,3)11-6-10-14(7-13(11)19)21-8-12(15(10)20)18-5-4-17-9-18/h4-7,9,12,15,19-20H,8H2,1-3H3. The fourth-order valence-electron chi connectivity index (χ4n) is 2.73. The number of hydrogen-bond acceptors (Lipinski definition) is 4. The van der Waals surface area contributed by atoms with E-state index in [-0.39, 0.29) is 17.2 Å². The minimum atomic E-state index is -0.690. The number of aliphatic hydroxyl groups is 1. The largest absolute Gasteiger partial charge is 0.508 e. The van der Waals surface area contributed by atoms with Gasteiger partial charge in [0, 0.05) is 24.0 Å². The zero-order chi connectivity index (χ0) is 15.2. The van der Waals surface area contributed by atoms with Gasteiger partial charge in [0.15, 0.2) is 0 Å². The molecule has 0 amide bonds. The molecule has 2 unspecified atom stereocenters. The van der Waals surface area contributed by atoms with Crippen molar-refractivity contribution in [3.05, 3.63) is 42.0 Å². The Morgan fingerprint density at radius 2 is 2.10 bits per heavy atom. The van der Waals surface area contributed by atoms with Gasteiger partial charge in [-0.2, -0.15) is 0 Å². The second-order valence-corrected chi connectivity index (χ2v) is 6.49. The Morgan fingerprint density at radius 3 is 2.71 bits per heavy atom. The third-order valence-electron chi connectivity index (χ3n) is 3.94. The summed E-state index contributed by atoms with van der Waals surface area (Å²) in [5.74, 6) is 0.749. The van der Waals surface area contributed by atoms with Crippen molar-refractivity contribution in [2.75, 3.05) is 6.61 Å². The number of phenolic OH excluding ortho intramolecular Hbond substituents is 1. The fourth-order valence-corrected chi connectivity index (χ4v) is 2.73. The highest BCUT2D eigenvalue weighted by atomic mass is 16.5. The van der Waals surface area contributed by atoms with Crippen molar-refractivity contribution in [1.82, 2.24) is 9.55 Å². The number of ether oxygens (including phenoxy) is 1. The number of phenols is 1. The maximum absolute atomic E-state index is 10.7. The molecule has 1 aliphatic rings. The smallest absolute Gasteiger partial charge is 0.129 e. The lowest BCUT2D eigenvalue weighted by molar-refractivity contribution is 0.0565. The van der Waals surface area contributed by atoms with Crippen LogP contribution in [0.15, 0.2) is 30.9 Å². The molecule has 0 saturated carbocycles. The molecule has 0 spiro atoms. The van der Waals surface area contributed by atoms with Gasteiger partial charge in [-0.3, -0.25) is 0 Å². The maximum Gasteiger partial charge on any atom is 0.129 e. The minimum absolute atomic E-state index is 0.203. The summed E-state index contributed by atoms with van der Waals surface area (Å²) in [5, 5.41) is 20.8. The molecule has 0 bridgehead atoms. The van der Waals surface area contributed by atoms with Gasteiger partial charge < -0.3 is 19.5 Å². The van der Waals surface area contributed by atoms with Crippen molar-refractivity contribution in [2.45, 2.75) is 38.3 Å². The van der Waals surface area contributed by atoms with Crippen molar-refractivity contribution < 1.29 is 14.9 Å². The lowest BCUT2D eigenvalue weighted by Crippen LogP contribution is -2.28. The summed E-state index contributed by atoms with van der Waals surface area (Å²) in [6.07, 6.45) is 4.48. The quantitative estimate of drug-likeness (QED) is 0.846. The molecule has 0 saturated heterocycles. The third kappa shape index (κ3) is 2.38. The fraction of sp³-hybridized carbons (Fsp3) is 0.438. The van der Waals surface area contributed by atoms with Crippen molar-refractivity contribution in [3.8, 4) is 11.5 Å². The molecule has 1 aliphatic heterocycles. The lowest BCUT2D eigenvalue weighted by atomic mass is 9.83. The van der Waals surface area contributed by atoms with Crippen molar-refractivity contribution in [1.29, 1.82) is 0 Å². The number of hydrogen-bond donors (Lipinski definition) is 2. The van der Waals surface area contributed by atoms with E-state index in [1.165, 1.54) is 0 Å². The molecule has 2 aromatic rings. The number of imidazole rings is 1. The number of aromatic hydroxyl groups is 1. The lowest BCUT2D eigenvalue weighted by Gasteiger charge is -2.33. The molecule has 3 rings (SSSR count). The van der Waals surface area contributed by atoms with Crippen LogP contribution in [-0.4, -0.2) is 26.4 Å². The Labute approximate surface area is 123 Å². The predicted octanol–water partition coefficient (Wildman–Crippen LogP) is 2.55. The first-order chi connectivity index (χ1) is 9.88. The average Bonchev–Trinajstić information content (AvgIpc) is 2.91. The first-order valence-electron chi connectivity index (χ1n) is 7.03. The van der Waals surface area contributed by atoms with Crippen LogP contribution >= 0.6 is 0 Å². The molecule has 21 heavy (non-hydrogen) atoms. The van der Waals surface area contributed by atoms with Gasteiger partial charge in [-0.05, 0) is 17.0 Å². The van der Waals surface area contributed by atoms with Crippen LogP contribution in [0.4, 0.5) is 0 Å². The predicted molar refractivity (Wildman–Crippen MR) is 78.5 cm³/mol. The number of nitrogens with zero attached hydrogens (tertiary/aromatic N) is 2. The summed E-state index contributed by atoms with van der Waals surface area (Å²) in [6, 6.07) is 3.24. The summed E-state index contributed by atoms with van der Waals surface area (Å²) in [4.78, 5) is 4.02. The van der Waals surface area contributed by atoms with Crippen LogP contribution in [0, 0.1) is 0 Å². The van der Waals surface area contributed by atoms with Gasteiger partial charge >= 0.3 is 0 Å². The molecular weight excluding hydrogens is 268 g/mol. The minimum Gasteiger partial charge on any atom is -0.508 e. The van der Waals surface area contributed by atoms with E-state index in [4.69, 9.17) is 4.74 Å². The van der Waals surface area contributed by atoms with E-state index < -0.39 is 6.10 Å². The van der Waals surface area contributed by atoms with Gasteiger partial charge in [0.2, 0.25) is 0 Å². The Balaban J connectivity index is 2.04. The van der Waals surface area contributed by atoms with E-state index in [0.717, 1.165) is 5.56 Å². The molecule has 1 aromatic heterocycles. The summed E-state index contributed by atoms with van der Waals surface area (Å²) < 4.78 is 7.55. The Hall–Kier alpha value is -2.01. The second kappa shape index (κ2) is 4.77. The van der Waals surface area contributed by atoms with E-state index in [0.29, 0.717) is 17.9 Å². The van der Waals surface area contributed by atoms with Crippen LogP contribution in [0.1, 0.15) is 44.0 Å². The zero-order valence-electron chi connectivity index (χ0n) is 12.4. The van der Waals surface area contributed by atoms with Gasteiger partial charge in [0.05, 0.1) is 12.4 Å². The SMILES string of the molecule is CC(C)(C)c1cc2c(cc1O)OCC(n1ccnc1)C2O. The van der Waals surface area contributed by atoms with Crippen LogP contribution < -0.4 is 4.74 Å². The molecule has 0 aliphatic carbocycles. The topological polar surface area (TPSA) is 67.5 Å². The van der Waals surface area contributed by atoms with E-state index in [9.17, 15) is 10.2 Å². The highest BCUT2D eigenvalue weighted by Gasteiger charge is 2.33. The number of aromatic nitrogens is 2. The van der Waals surface area contributed by atoms with Gasteiger partial charge in [-0.25, -0.2) is 4.98 Å². The number of fused-ring (bicyclic) bond motifs is 1. The molecule has 2 N–H and O–H groups in total. The first kappa shape index (κ1) is 13.9. The Kier molecular flexibility index (Phi) is 3.17.